The van der Waals surface area contributed by atoms with E-state index in [1.54, 1.807) is 39.8 Å². The van der Waals surface area contributed by atoms with Gasteiger partial charge in [0.2, 0.25) is 0 Å². The van der Waals surface area contributed by atoms with Crippen LogP contribution in [0.2, 0.25) is 0 Å². The molecule has 4 aromatic rings. The molecular formula is C24H19FN4O3. The smallest absolute Gasteiger partial charge is 0.272 e. The normalized spacial score (nSPS) is 13.2. The van der Waals surface area contributed by atoms with E-state index in [0.29, 0.717) is 41.5 Å². The number of aromatic nitrogens is 3. The van der Waals surface area contributed by atoms with Crippen molar-refractivity contribution >= 4 is 16.7 Å². The number of carbonyl (C=O) groups is 1. The van der Waals surface area contributed by atoms with Crippen LogP contribution in [0.15, 0.2) is 70.3 Å². The lowest BCUT2D eigenvalue weighted by Crippen LogP contribution is -2.42. The van der Waals surface area contributed by atoms with Gasteiger partial charge in [0.05, 0.1) is 23.2 Å². The minimum atomic E-state index is -0.603. The van der Waals surface area contributed by atoms with E-state index in [-0.39, 0.29) is 23.2 Å². The highest BCUT2D eigenvalue weighted by Gasteiger charge is 2.24. The van der Waals surface area contributed by atoms with Crippen LogP contribution in [0.5, 0.6) is 0 Å². The Morgan fingerprint density at radius 2 is 1.81 bits per heavy atom. The Morgan fingerprint density at radius 1 is 1.00 bits per heavy atom. The average molecular weight is 430 g/mol. The van der Waals surface area contributed by atoms with Crippen LogP contribution in [0.1, 0.15) is 27.3 Å². The van der Waals surface area contributed by atoms with Crippen molar-refractivity contribution in [1.82, 2.24) is 19.7 Å². The average Bonchev–Trinajstić information content (AvgIpc) is 2.82. The first-order valence-electron chi connectivity index (χ1n) is 10.2. The van der Waals surface area contributed by atoms with Gasteiger partial charge in [-0.25, -0.2) is 9.49 Å². The van der Waals surface area contributed by atoms with E-state index in [2.05, 4.69) is 10.2 Å². The molecular weight excluding hydrogens is 411 g/mol. The Hall–Kier alpha value is -4.07. The van der Waals surface area contributed by atoms with Crippen LogP contribution in [-0.4, -0.2) is 32.1 Å². The summed E-state index contributed by atoms with van der Waals surface area (Å²) in [6, 6.07) is 16.5. The number of amides is 1. The maximum Gasteiger partial charge on any atom is 0.272 e. The summed E-state index contributed by atoms with van der Waals surface area (Å²) in [5.41, 5.74) is 1.65. The van der Waals surface area contributed by atoms with Gasteiger partial charge in [-0.1, -0.05) is 30.3 Å². The van der Waals surface area contributed by atoms with Crippen LogP contribution in [0.4, 0.5) is 4.39 Å². The quantitative estimate of drug-likeness (QED) is 0.541. The van der Waals surface area contributed by atoms with Gasteiger partial charge in [-0.15, -0.1) is 0 Å². The molecule has 0 bridgehead atoms. The molecule has 0 atom stereocenters. The fraction of sp³-hybridized carbons (Fsp3) is 0.167. The second-order valence-electron chi connectivity index (χ2n) is 7.77. The zero-order valence-corrected chi connectivity index (χ0v) is 17.0. The lowest BCUT2D eigenvalue weighted by molar-refractivity contribution is 0.0703. The molecule has 2 aromatic heterocycles. The molecule has 1 aliphatic rings. The zero-order chi connectivity index (χ0) is 22.2. The summed E-state index contributed by atoms with van der Waals surface area (Å²) < 4.78 is 16.2. The molecule has 5 rings (SSSR count). The van der Waals surface area contributed by atoms with E-state index in [9.17, 15) is 18.8 Å². The summed E-state index contributed by atoms with van der Waals surface area (Å²) in [4.78, 5) is 38.6. The first-order chi connectivity index (χ1) is 15.5. The van der Waals surface area contributed by atoms with Gasteiger partial charge >= 0.3 is 0 Å². The highest BCUT2D eigenvalue weighted by atomic mass is 19.1. The van der Waals surface area contributed by atoms with Gasteiger partial charge in [0, 0.05) is 36.7 Å². The first-order valence-corrected chi connectivity index (χ1v) is 10.2. The summed E-state index contributed by atoms with van der Waals surface area (Å²) in [5.74, 6) is -1.03. The molecule has 1 amide bonds. The third-order valence-electron chi connectivity index (χ3n) is 5.78. The number of halogens is 1. The number of aromatic amines is 1. The van der Waals surface area contributed by atoms with Gasteiger partial charge in [0.25, 0.3) is 17.0 Å². The summed E-state index contributed by atoms with van der Waals surface area (Å²) in [6.45, 7) is 0.936. The molecule has 0 saturated heterocycles. The van der Waals surface area contributed by atoms with Crippen molar-refractivity contribution in [2.45, 2.75) is 19.5 Å². The van der Waals surface area contributed by atoms with E-state index >= 15 is 0 Å². The Labute approximate surface area is 181 Å². The van der Waals surface area contributed by atoms with Crippen molar-refractivity contribution in [3.05, 3.63) is 110 Å². The van der Waals surface area contributed by atoms with Crippen molar-refractivity contribution in [3.8, 4) is 0 Å². The van der Waals surface area contributed by atoms with Gasteiger partial charge in [-0.2, -0.15) is 5.10 Å². The van der Waals surface area contributed by atoms with Crippen molar-refractivity contribution in [2.24, 2.45) is 0 Å². The van der Waals surface area contributed by atoms with E-state index in [1.165, 1.54) is 18.2 Å². The van der Waals surface area contributed by atoms with Gasteiger partial charge in [0.15, 0.2) is 0 Å². The third kappa shape index (κ3) is 3.49. The lowest BCUT2D eigenvalue weighted by Gasteiger charge is -2.30. The van der Waals surface area contributed by atoms with Crippen LogP contribution in [0, 0.1) is 5.82 Å². The molecule has 8 heteroatoms. The molecule has 0 spiro atoms. The summed E-state index contributed by atoms with van der Waals surface area (Å²) in [5, 5.41) is 7.90. The fourth-order valence-electron chi connectivity index (χ4n) is 4.14. The van der Waals surface area contributed by atoms with E-state index < -0.39 is 11.7 Å². The van der Waals surface area contributed by atoms with Gasteiger partial charge < -0.3 is 9.47 Å². The number of nitrogens with one attached hydrogen (secondary N) is 1. The second kappa shape index (κ2) is 7.88. The van der Waals surface area contributed by atoms with E-state index in [1.807, 2.05) is 12.1 Å². The molecule has 160 valence electrons. The van der Waals surface area contributed by atoms with Crippen LogP contribution >= 0.6 is 0 Å². The van der Waals surface area contributed by atoms with Crippen molar-refractivity contribution in [3.63, 3.8) is 0 Å². The number of hydrogen-bond donors (Lipinski definition) is 1. The fourth-order valence-corrected chi connectivity index (χ4v) is 4.14. The molecule has 7 nitrogen and oxygen atoms in total. The maximum atomic E-state index is 14.6. The molecule has 3 heterocycles. The number of nitrogens with zero attached hydrogens (tertiary/aromatic N) is 3. The highest BCUT2D eigenvalue weighted by Crippen LogP contribution is 2.21. The second-order valence-corrected chi connectivity index (χ2v) is 7.77. The van der Waals surface area contributed by atoms with Gasteiger partial charge in [-0.05, 0) is 29.8 Å². The maximum absolute atomic E-state index is 14.6. The zero-order valence-electron chi connectivity index (χ0n) is 17.0. The first kappa shape index (κ1) is 19.9. The number of rotatable bonds is 3. The van der Waals surface area contributed by atoms with Crippen LogP contribution < -0.4 is 11.1 Å². The Kier molecular flexibility index (Phi) is 4.89. The SMILES string of the molecule is O=C(c1cc(Cc2n[nH]c(=O)c3ccccc23)ccc1F)N1CCn2c(cccc2=O)C1. The third-order valence-corrected chi connectivity index (χ3v) is 5.78. The molecule has 0 radical (unpaired) electrons. The summed E-state index contributed by atoms with van der Waals surface area (Å²) in [7, 11) is 0. The number of carbonyl (C=O) groups excluding carboxylic acids is 1. The van der Waals surface area contributed by atoms with E-state index in [0.717, 1.165) is 5.69 Å². The van der Waals surface area contributed by atoms with Crippen molar-refractivity contribution in [2.75, 3.05) is 6.54 Å². The monoisotopic (exact) mass is 430 g/mol. The molecule has 0 fully saturated rings. The molecule has 0 saturated carbocycles. The number of fused-ring (bicyclic) bond motifs is 2. The molecule has 32 heavy (non-hydrogen) atoms. The molecule has 0 aliphatic carbocycles. The Bertz CT molecular complexity index is 1470. The van der Waals surface area contributed by atoms with Crippen LogP contribution in [-0.2, 0) is 19.5 Å². The molecule has 0 unspecified atom stereocenters. The predicted molar refractivity (Wildman–Crippen MR) is 117 cm³/mol. The standard InChI is InChI=1S/C24H19FN4O3/c25-20-9-8-15(13-21-17-5-1-2-6-18(17)23(31)27-26-21)12-19(20)24(32)28-10-11-29-16(14-28)4-3-7-22(29)30/h1-9,12H,10-11,13-14H2,(H,27,31). The van der Waals surface area contributed by atoms with Crippen LogP contribution in [0.25, 0.3) is 10.8 Å². The number of H-pyrrole nitrogens is 1. The topological polar surface area (TPSA) is 88.1 Å². The predicted octanol–water partition coefficient (Wildman–Crippen LogP) is 2.47. The van der Waals surface area contributed by atoms with Crippen LogP contribution in [0.3, 0.4) is 0 Å². The Morgan fingerprint density at radius 3 is 2.66 bits per heavy atom. The molecule has 1 N–H and O–H groups in total. The minimum Gasteiger partial charge on any atom is -0.331 e. The Balaban J connectivity index is 1.45. The van der Waals surface area contributed by atoms with E-state index in [4.69, 9.17) is 0 Å². The number of benzene rings is 2. The minimum absolute atomic E-state index is 0.0250. The molecule has 2 aromatic carbocycles. The molecule has 1 aliphatic heterocycles. The van der Waals surface area contributed by atoms with Crippen molar-refractivity contribution in [1.29, 1.82) is 0 Å². The lowest BCUT2D eigenvalue weighted by atomic mass is 10.0. The summed E-state index contributed by atoms with van der Waals surface area (Å²) in [6.07, 6.45) is 0.329. The number of pyridine rings is 1. The van der Waals surface area contributed by atoms with Gasteiger partial charge in [-0.3, -0.25) is 14.4 Å². The highest BCUT2D eigenvalue weighted by molar-refractivity contribution is 5.94. The van der Waals surface area contributed by atoms with Crippen molar-refractivity contribution < 1.29 is 9.18 Å². The largest absolute Gasteiger partial charge is 0.331 e. The summed E-state index contributed by atoms with van der Waals surface area (Å²) >= 11 is 0. The number of hydrogen-bond acceptors (Lipinski definition) is 4. The van der Waals surface area contributed by atoms with Gasteiger partial charge in [0.1, 0.15) is 5.82 Å².